The summed E-state index contributed by atoms with van der Waals surface area (Å²) in [5.41, 5.74) is 4.46. The van der Waals surface area contributed by atoms with Crippen molar-refractivity contribution in [1.82, 2.24) is 0 Å². The van der Waals surface area contributed by atoms with Crippen molar-refractivity contribution in [3.63, 3.8) is 0 Å². The number of nitriles is 1. The molecule has 0 heterocycles. The Hall–Kier alpha value is -2.11. The molecule has 25 heavy (non-hydrogen) atoms. The maximum absolute atomic E-state index is 10.2. The van der Waals surface area contributed by atoms with E-state index >= 15 is 0 Å². The van der Waals surface area contributed by atoms with Gasteiger partial charge in [0.2, 0.25) is 0 Å². The third kappa shape index (κ3) is 4.30. The smallest absolute Gasteiger partial charge is 0.0991 e. The molecule has 0 radical (unpaired) electrons. The number of rotatable bonds is 5. The third-order valence-electron chi connectivity index (χ3n) is 5.63. The summed E-state index contributed by atoms with van der Waals surface area (Å²) >= 11 is 0. The molecule has 1 aliphatic rings. The lowest BCUT2D eigenvalue weighted by atomic mass is 9.76. The quantitative estimate of drug-likeness (QED) is 0.767. The van der Waals surface area contributed by atoms with Crippen molar-refractivity contribution in [2.24, 2.45) is 5.92 Å². The number of aliphatic hydroxyl groups excluding tert-OH is 1. The second-order valence-corrected chi connectivity index (χ2v) is 7.28. The van der Waals surface area contributed by atoms with Crippen LogP contribution >= 0.6 is 0 Å². The molecule has 1 aliphatic carbocycles. The highest BCUT2D eigenvalue weighted by Crippen LogP contribution is 2.38. The van der Waals surface area contributed by atoms with E-state index in [1.54, 1.807) is 0 Å². The Kier molecular flexibility index (Phi) is 5.89. The minimum absolute atomic E-state index is 0.107. The second kappa shape index (κ2) is 8.32. The molecule has 1 atom stereocenters. The van der Waals surface area contributed by atoms with Gasteiger partial charge < -0.3 is 5.11 Å². The summed E-state index contributed by atoms with van der Waals surface area (Å²) in [7, 11) is 0. The molecule has 2 aromatic rings. The molecule has 3 rings (SSSR count). The largest absolute Gasteiger partial charge is 0.393 e. The summed E-state index contributed by atoms with van der Waals surface area (Å²) in [5.74, 6) is 1.12. The van der Waals surface area contributed by atoms with Gasteiger partial charge in [-0.2, -0.15) is 5.26 Å². The highest BCUT2D eigenvalue weighted by atomic mass is 16.3. The minimum Gasteiger partial charge on any atom is -0.393 e. The van der Waals surface area contributed by atoms with E-state index in [-0.39, 0.29) is 6.10 Å². The highest BCUT2D eigenvalue weighted by molar-refractivity contribution is 5.64. The zero-order chi connectivity index (χ0) is 17.6. The molecule has 0 spiro atoms. The predicted molar refractivity (Wildman–Crippen MR) is 102 cm³/mol. The molecule has 2 nitrogen and oxygen atoms in total. The Morgan fingerprint density at radius 3 is 2.04 bits per heavy atom. The molecule has 2 aromatic carbocycles. The monoisotopic (exact) mass is 333 g/mol. The number of hydrogen-bond donors (Lipinski definition) is 1. The molecular formula is C23H27NO. The maximum Gasteiger partial charge on any atom is 0.0991 e. The van der Waals surface area contributed by atoms with Gasteiger partial charge >= 0.3 is 0 Å². The van der Waals surface area contributed by atoms with Gasteiger partial charge in [0, 0.05) is 0 Å². The first-order valence-electron chi connectivity index (χ1n) is 9.49. The van der Waals surface area contributed by atoms with Crippen LogP contribution in [0.25, 0.3) is 11.1 Å². The molecule has 0 saturated heterocycles. The van der Waals surface area contributed by atoms with Crippen LogP contribution in [0.15, 0.2) is 48.5 Å². The Bertz CT molecular complexity index is 703. The normalized spacial score (nSPS) is 21.5. The SMILES string of the molecule is CCCC(O)C1CCC(c2ccc(-c3ccc(C#N)cc3)cc2)CC1. The van der Waals surface area contributed by atoms with Crippen molar-refractivity contribution in [3.8, 4) is 17.2 Å². The maximum atomic E-state index is 10.2. The van der Waals surface area contributed by atoms with Gasteiger partial charge in [-0.1, -0.05) is 49.7 Å². The van der Waals surface area contributed by atoms with Crippen LogP contribution in [0.3, 0.4) is 0 Å². The van der Waals surface area contributed by atoms with E-state index in [1.165, 1.54) is 24.0 Å². The number of benzene rings is 2. The number of aliphatic hydroxyl groups is 1. The van der Waals surface area contributed by atoms with E-state index in [4.69, 9.17) is 5.26 Å². The summed E-state index contributed by atoms with van der Waals surface area (Å²) in [4.78, 5) is 0. The van der Waals surface area contributed by atoms with E-state index < -0.39 is 0 Å². The Labute approximate surface area is 151 Å². The fourth-order valence-corrected chi connectivity index (χ4v) is 4.05. The predicted octanol–water partition coefficient (Wildman–Crippen LogP) is 5.66. The van der Waals surface area contributed by atoms with Gasteiger partial charge in [-0.15, -0.1) is 0 Å². The summed E-state index contributed by atoms with van der Waals surface area (Å²) in [6.07, 6.45) is 6.55. The number of hydrogen-bond acceptors (Lipinski definition) is 2. The molecule has 2 heteroatoms. The van der Waals surface area contributed by atoms with E-state index in [0.717, 1.165) is 31.2 Å². The lowest BCUT2D eigenvalue weighted by Crippen LogP contribution is -2.25. The van der Waals surface area contributed by atoms with Gasteiger partial charge in [0.05, 0.1) is 17.7 Å². The van der Waals surface area contributed by atoms with Gasteiger partial charge in [-0.05, 0) is 72.8 Å². The third-order valence-corrected chi connectivity index (χ3v) is 5.63. The molecule has 1 unspecified atom stereocenters. The first-order valence-corrected chi connectivity index (χ1v) is 9.49. The molecule has 130 valence electrons. The summed E-state index contributed by atoms with van der Waals surface area (Å²) in [6, 6.07) is 18.8. The lowest BCUT2D eigenvalue weighted by molar-refractivity contribution is 0.0730. The average Bonchev–Trinajstić information content (AvgIpc) is 2.68. The van der Waals surface area contributed by atoms with Gasteiger partial charge in [0.25, 0.3) is 0 Å². The van der Waals surface area contributed by atoms with Crippen molar-refractivity contribution < 1.29 is 5.11 Å². The van der Waals surface area contributed by atoms with Crippen LogP contribution in [0.5, 0.6) is 0 Å². The van der Waals surface area contributed by atoms with Crippen LogP contribution in [0.4, 0.5) is 0 Å². The van der Waals surface area contributed by atoms with Crippen LogP contribution in [-0.2, 0) is 0 Å². The number of nitrogens with zero attached hydrogens (tertiary/aromatic N) is 1. The molecule has 0 bridgehead atoms. The Morgan fingerprint density at radius 2 is 1.52 bits per heavy atom. The molecule has 1 fully saturated rings. The Morgan fingerprint density at radius 1 is 0.960 bits per heavy atom. The molecule has 0 aromatic heterocycles. The minimum atomic E-state index is -0.107. The van der Waals surface area contributed by atoms with Crippen molar-refractivity contribution in [2.75, 3.05) is 0 Å². The van der Waals surface area contributed by atoms with E-state index in [9.17, 15) is 5.11 Å². The van der Waals surface area contributed by atoms with E-state index in [2.05, 4.69) is 37.3 Å². The average molecular weight is 333 g/mol. The van der Waals surface area contributed by atoms with E-state index in [0.29, 0.717) is 17.4 Å². The zero-order valence-corrected chi connectivity index (χ0v) is 15.0. The second-order valence-electron chi connectivity index (χ2n) is 7.28. The molecule has 0 aliphatic heterocycles. The van der Waals surface area contributed by atoms with Crippen LogP contribution < -0.4 is 0 Å². The van der Waals surface area contributed by atoms with Crippen molar-refractivity contribution >= 4 is 0 Å². The molecule has 0 amide bonds. The fraction of sp³-hybridized carbons (Fsp3) is 0.435. The molecule has 1 N–H and O–H groups in total. The van der Waals surface area contributed by atoms with Crippen LogP contribution in [0, 0.1) is 17.2 Å². The first kappa shape index (κ1) is 17.7. The zero-order valence-electron chi connectivity index (χ0n) is 15.0. The van der Waals surface area contributed by atoms with Crippen molar-refractivity contribution in [3.05, 3.63) is 59.7 Å². The summed E-state index contributed by atoms with van der Waals surface area (Å²) in [6.45, 7) is 2.14. The van der Waals surface area contributed by atoms with Crippen LogP contribution in [0.2, 0.25) is 0 Å². The fourth-order valence-electron chi connectivity index (χ4n) is 4.05. The van der Waals surface area contributed by atoms with Crippen LogP contribution in [-0.4, -0.2) is 11.2 Å². The van der Waals surface area contributed by atoms with Crippen LogP contribution in [0.1, 0.15) is 62.5 Å². The highest BCUT2D eigenvalue weighted by Gasteiger charge is 2.26. The van der Waals surface area contributed by atoms with E-state index in [1.807, 2.05) is 24.3 Å². The van der Waals surface area contributed by atoms with Gasteiger partial charge in [-0.3, -0.25) is 0 Å². The lowest BCUT2D eigenvalue weighted by Gasteiger charge is -2.31. The van der Waals surface area contributed by atoms with Crippen molar-refractivity contribution in [2.45, 2.75) is 57.5 Å². The first-order chi connectivity index (χ1) is 12.2. The summed E-state index contributed by atoms with van der Waals surface area (Å²) in [5, 5.41) is 19.1. The Balaban J connectivity index is 1.62. The van der Waals surface area contributed by atoms with Gasteiger partial charge in [0.1, 0.15) is 0 Å². The molecular weight excluding hydrogens is 306 g/mol. The summed E-state index contributed by atoms with van der Waals surface area (Å²) < 4.78 is 0. The molecule has 1 saturated carbocycles. The topological polar surface area (TPSA) is 44.0 Å². The standard InChI is InChI=1S/C23H27NO/c1-2-3-23(25)22-14-12-21(13-15-22)20-10-8-19(9-11-20)18-6-4-17(16-24)5-7-18/h4-11,21-23,25H,2-3,12-15H2,1H3. The van der Waals surface area contributed by atoms with Gasteiger partial charge in [0.15, 0.2) is 0 Å². The van der Waals surface area contributed by atoms with Gasteiger partial charge in [-0.25, -0.2) is 0 Å². The van der Waals surface area contributed by atoms with Crippen molar-refractivity contribution in [1.29, 1.82) is 5.26 Å².